The van der Waals surface area contributed by atoms with Crippen molar-refractivity contribution < 1.29 is 13.2 Å². The lowest BCUT2D eigenvalue weighted by Crippen LogP contribution is -2.36. The predicted octanol–water partition coefficient (Wildman–Crippen LogP) is 4.34. The van der Waals surface area contributed by atoms with Crippen molar-refractivity contribution in [2.24, 2.45) is 0 Å². The van der Waals surface area contributed by atoms with E-state index in [-0.39, 0.29) is 5.56 Å². The minimum Gasteiger partial charge on any atom is -0.312 e. The minimum absolute atomic E-state index is 0.116. The van der Waals surface area contributed by atoms with E-state index in [1.54, 1.807) is 7.05 Å². The van der Waals surface area contributed by atoms with Crippen LogP contribution < -0.4 is 5.32 Å². The van der Waals surface area contributed by atoms with Gasteiger partial charge in [0, 0.05) is 23.1 Å². The van der Waals surface area contributed by atoms with E-state index >= 15 is 0 Å². The maximum atomic E-state index is 14.1. The van der Waals surface area contributed by atoms with Crippen LogP contribution in [0.3, 0.4) is 0 Å². The van der Waals surface area contributed by atoms with Gasteiger partial charge in [-0.15, -0.1) is 0 Å². The first-order valence-electron chi connectivity index (χ1n) is 6.75. The van der Waals surface area contributed by atoms with Crippen LogP contribution in [0.25, 0.3) is 0 Å². The van der Waals surface area contributed by atoms with Gasteiger partial charge < -0.3 is 5.32 Å². The lowest BCUT2D eigenvalue weighted by Gasteiger charge is -2.35. The van der Waals surface area contributed by atoms with Gasteiger partial charge in [-0.1, -0.05) is 44.2 Å². The van der Waals surface area contributed by atoms with Crippen LogP contribution in [0.4, 0.5) is 13.2 Å². The second-order valence-corrected chi connectivity index (χ2v) is 5.60. The molecule has 4 heteroatoms. The summed E-state index contributed by atoms with van der Waals surface area (Å²) in [6.45, 7) is 3.87. The molecule has 2 rings (SSSR count). The van der Waals surface area contributed by atoms with Crippen LogP contribution >= 0.6 is 0 Å². The summed E-state index contributed by atoms with van der Waals surface area (Å²) in [6.07, 6.45) is 0. The highest BCUT2D eigenvalue weighted by atomic mass is 19.2. The van der Waals surface area contributed by atoms with Gasteiger partial charge in [-0.2, -0.15) is 0 Å². The van der Waals surface area contributed by atoms with Crippen molar-refractivity contribution in [3.63, 3.8) is 0 Å². The van der Waals surface area contributed by atoms with Gasteiger partial charge in [-0.25, -0.2) is 13.2 Å². The summed E-state index contributed by atoms with van der Waals surface area (Å²) in [5.41, 5.74) is 0.597. The van der Waals surface area contributed by atoms with Crippen LogP contribution in [0.5, 0.6) is 0 Å². The topological polar surface area (TPSA) is 12.0 Å². The van der Waals surface area contributed by atoms with Crippen LogP contribution in [0, 0.1) is 17.5 Å². The van der Waals surface area contributed by atoms with Gasteiger partial charge in [0.2, 0.25) is 0 Å². The number of nitrogens with one attached hydrogen (secondary N) is 1. The molecule has 0 bridgehead atoms. The fourth-order valence-electron chi connectivity index (χ4n) is 2.70. The van der Waals surface area contributed by atoms with Gasteiger partial charge in [0.15, 0.2) is 11.6 Å². The highest BCUT2D eigenvalue weighted by Gasteiger charge is 2.33. The molecule has 0 radical (unpaired) electrons. The molecule has 112 valence electrons. The molecular formula is C17H18F3N. The van der Waals surface area contributed by atoms with E-state index in [9.17, 15) is 13.2 Å². The second kappa shape index (κ2) is 5.90. The molecule has 2 aromatic rings. The Labute approximate surface area is 122 Å². The molecule has 1 atom stereocenters. The van der Waals surface area contributed by atoms with Gasteiger partial charge in [-0.3, -0.25) is 0 Å². The van der Waals surface area contributed by atoms with Gasteiger partial charge in [0.25, 0.3) is 0 Å². The number of likely N-dealkylation sites (N-methyl/N-ethyl adjacent to an activating group) is 1. The summed E-state index contributed by atoms with van der Waals surface area (Å²) in [7, 11) is 1.68. The zero-order chi connectivity index (χ0) is 15.6. The second-order valence-electron chi connectivity index (χ2n) is 5.60. The first-order chi connectivity index (χ1) is 9.87. The van der Waals surface area contributed by atoms with Crippen LogP contribution in [0.15, 0.2) is 42.5 Å². The molecule has 0 aliphatic heterocycles. The Morgan fingerprint density at radius 1 is 0.905 bits per heavy atom. The van der Waals surface area contributed by atoms with Gasteiger partial charge in [0.1, 0.15) is 5.82 Å². The smallest absolute Gasteiger partial charge is 0.161 e. The third kappa shape index (κ3) is 2.95. The van der Waals surface area contributed by atoms with Crippen LogP contribution in [0.2, 0.25) is 0 Å². The Kier molecular flexibility index (Phi) is 4.37. The summed E-state index contributed by atoms with van der Waals surface area (Å²) in [5.74, 6) is -2.98. The molecule has 0 heterocycles. The van der Waals surface area contributed by atoms with Crippen molar-refractivity contribution in [2.45, 2.75) is 25.3 Å². The van der Waals surface area contributed by atoms with Crippen molar-refractivity contribution in [2.75, 3.05) is 7.05 Å². The Hall–Kier alpha value is -1.81. The molecule has 0 fully saturated rings. The van der Waals surface area contributed by atoms with Gasteiger partial charge in [0.05, 0.1) is 0 Å². The zero-order valence-electron chi connectivity index (χ0n) is 12.3. The molecule has 0 amide bonds. The monoisotopic (exact) mass is 293 g/mol. The highest BCUT2D eigenvalue weighted by Crippen LogP contribution is 2.38. The number of benzene rings is 2. The molecule has 2 aromatic carbocycles. The summed E-state index contributed by atoms with van der Waals surface area (Å²) in [4.78, 5) is 0. The Bertz CT molecular complexity index is 623. The molecule has 0 spiro atoms. The average Bonchev–Trinajstić information content (AvgIpc) is 2.46. The Morgan fingerprint density at radius 2 is 1.48 bits per heavy atom. The Balaban J connectivity index is 2.51. The molecule has 21 heavy (non-hydrogen) atoms. The lowest BCUT2D eigenvalue weighted by atomic mass is 9.75. The SMILES string of the molecule is CNC(c1cc(F)c(F)cc1F)C(C)(C)c1ccccc1. The maximum absolute atomic E-state index is 14.1. The first kappa shape index (κ1) is 15.6. The Morgan fingerprint density at radius 3 is 2.05 bits per heavy atom. The molecule has 0 aliphatic carbocycles. The highest BCUT2D eigenvalue weighted by molar-refractivity contribution is 5.33. The molecule has 0 saturated heterocycles. The third-order valence-electron chi connectivity index (χ3n) is 3.88. The molecule has 0 saturated carbocycles. The summed E-state index contributed by atoms with van der Waals surface area (Å²) >= 11 is 0. The van der Waals surface area contributed by atoms with Crippen molar-refractivity contribution in [3.8, 4) is 0 Å². The molecule has 1 nitrogen and oxygen atoms in total. The largest absolute Gasteiger partial charge is 0.312 e. The summed E-state index contributed by atoms with van der Waals surface area (Å²) in [6, 6.07) is 10.6. The van der Waals surface area contributed by atoms with Crippen LogP contribution in [0.1, 0.15) is 31.0 Å². The number of rotatable bonds is 4. The van der Waals surface area contributed by atoms with Crippen LogP contribution in [-0.4, -0.2) is 7.05 Å². The van der Waals surface area contributed by atoms with E-state index in [1.807, 2.05) is 44.2 Å². The van der Waals surface area contributed by atoms with E-state index in [2.05, 4.69) is 5.32 Å². The number of hydrogen-bond acceptors (Lipinski definition) is 1. The zero-order valence-corrected chi connectivity index (χ0v) is 12.3. The normalized spacial score (nSPS) is 13.2. The van der Waals surface area contributed by atoms with Crippen LogP contribution in [-0.2, 0) is 5.41 Å². The molecule has 0 aromatic heterocycles. The number of hydrogen-bond donors (Lipinski definition) is 1. The average molecular weight is 293 g/mol. The van der Waals surface area contributed by atoms with E-state index in [4.69, 9.17) is 0 Å². The maximum Gasteiger partial charge on any atom is 0.161 e. The van der Waals surface area contributed by atoms with Gasteiger partial charge >= 0.3 is 0 Å². The van der Waals surface area contributed by atoms with E-state index in [0.717, 1.165) is 11.6 Å². The molecule has 0 aliphatic rings. The number of halogens is 3. The predicted molar refractivity (Wildman–Crippen MR) is 77.6 cm³/mol. The fraction of sp³-hybridized carbons (Fsp3) is 0.294. The summed E-state index contributed by atoms with van der Waals surface area (Å²) in [5, 5.41) is 3.02. The third-order valence-corrected chi connectivity index (χ3v) is 3.88. The molecular weight excluding hydrogens is 275 g/mol. The van der Waals surface area contributed by atoms with E-state index < -0.39 is 28.9 Å². The van der Waals surface area contributed by atoms with Crippen molar-refractivity contribution >= 4 is 0 Å². The first-order valence-corrected chi connectivity index (χ1v) is 6.75. The summed E-state index contributed by atoms with van der Waals surface area (Å²) < 4.78 is 40.7. The lowest BCUT2D eigenvalue weighted by molar-refractivity contribution is 0.353. The van der Waals surface area contributed by atoms with Crippen molar-refractivity contribution in [1.82, 2.24) is 5.32 Å². The van der Waals surface area contributed by atoms with Crippen molar-refractivity contribution in [1.29, 1.82) is 0 Å². The molecule has 1 unspecified atom stereocenters. The quantitative estimate of drug-likeness (QED) is 0.827. The van der Waals surface area contributed by atoms with E-state index in [0.29, 0.717) is 6.07 Å². The van der Waals surface area contributed by atoms with Crippen molar-refractivity contribution in [3.05, 3.63) is 71.0 Å². The minimum atomic E-state index is -1.18. The standard InChI is InChI=1S/C17H18F3N/c1-17(2,11-7-5-4-6-8-11)16(21-3)12-9-14(19)15(20)10-13(12)18/h4-10,16,21H,1-3H3. The fourth-order valence-corrected chi connectivity index (χ4v) is 2.70. The van der Waals surface area contributed by atoms with Gasteiger partial charge in [-0.05, 0) is 18.7 Å². The molecule has 1 N–H and O–H groups in total. The van der Waals surface area contributed by atoms with E-state index in [1.165, 1.54) is 0 Å².